The Bertz CT molecular complexity index is 416. The first-order chi connectivity index (χ1) is 9.13. The minimum Gasteiger partial charge on any atom is -0.481 e. The number of urea groups is 1. The normalized spacial score (nSPS) is 30.9. The van der Waals surface area contributed by atoms with E-state index < -0.39 is 11.4 Å². The lowest BCUT2D eigenvalue weighted by Crippen LogP contribution is -2.43. The van der Waals surface area contributed by atoms with Gasteiger partial charge in [-0.3, -0.25) is 4.79 Å². The number of rotatable bonds is 1. The first-order valence-electron chi connectivity index (χ1n) is 7.41. The Kier molecular flexibility index (Phi) is 3.73. The third-order valence-corrected chi connectivity index (χ3v) is 4.94. The van der Waals surface area contributed by atoms with Crippen LogP contribution in [0.3, 0.4) is 0 Å². The van der Waals surface area contributed by atoms with Crippen molar-refractivity contribution in [3.8, 4) is 0 Å². The highest BCUT2D eigenvalue weighted by Gasteiger charge is 2.44. The molecule has 2 saturated heterocycles. The summed E-state index contributed by atoms with van der Waals surface area (Å²) >= 11 is 0. The van der Waals surface area contributed by atoms with Gasteiger partial charge in [0.15, 0.2) is 0 Å². The van der Waals surface area contributed by atoms with E-state index in [9.17, 15) is 14.7 Å². The van der Waals surface area contributed by atoms with Crippen molar-refractivity contribution in [2.75, 3.05) is 26.2 Å². The number of carboxylic acids is 1. The van der Waals surface area contributed by atoms with Crippen molar-refractivity contribution in [2.24, 2.45) is 16.7 Å². The van der Waals surface area contributed by atoms with Crippen molar-refractivity contribution < 1.29 is 14.7 Å². The van der Waals surface area contributed by atoms with Crippen LogP contribution in [-0.2, 0) is 4.79 Å². The van der Waals surface area contributed by atoms with Gasteiger partial charge in [0.05, 0.1) is 5.41 Å². The lowest BCUT2D eigenvalue weighted by atomic mass is 9.80. The molecule has 1 N–H and O–H groups in total. The van der Waals surface area contributed by atoms with Crippen LogP contribution in [-0.4, -0.2) is 53.1 Å². The molecule has 114 valence electrons. The number of hydrogen-bond acceptors (Lipinski definition) is 2. The molecule has 0 radical (unpaired) electrons. The molecule has 0 spiro atoms. The molecule has 2 rings (SSSR count). The van der Waals surface area contributed by atoms with Crippen LogP contribution in [0.25, 0.3) is 0 Å². The Balaban J connectivity index is 1.96. The second-order valence-corrected chi connectivity index (χ2v) is 7.62. The summed E-state index contributed by atoms with van der Waals surface area (Å²) in [5.41, 5.74) is -0.561. The monoisotopic (exact) mass is 282 g/mol. The van der Waals surface area contributed by atoms with E-state index in [-0.39, 0.29) is 11.4 Å². The number of amides is 2. The highest BCUT2D eigenvalue weighted by atomic mass is 16.4. The fourth-order valence-corrected chi connectivity index (χ4v) is 3.14. The van der Waals surface area contributed by atoms with E-state index in [0.29, 0.717) is 25.4 Å². The summed E-state index contributed by atoms with van der Waals surface area (Å²) in [5, 5.41) is 9.23. The molecule has 0 bridgehead atoms. The summed E-state index contributed by atoms with van der Waals surface area (Å²) < 4.78 is 0. The van der Waals surface area contributed by atoms with Crippen LogP contribution in [0.1, 0.15) is 40.5 Å². The largest absolute Gasteiger partial charge is 0.481 e. The number of carbonyl (C=O) groups is 2. The Hall–Kier alpha value is -1.26. The van der Waals surface area contributed by atoms with Gasteiger partial charge < -0.3 is 14.9 Å². The third kappa shape index (κ3) is 2.76. The Morgan fingerprint density at radius 1 is 1.20 bits per heavy atom. The fraction of sp³-hybridized carbons (Fsp3) is 0.867. The Morgan fingerprint density at radius 3 is 2.30 bits per heavy atom. The van der Waals surface area contributed by atoms with Crippen molar-refractivity contribution in [1.29, 1.82) is 0 Å². The summed E-state index contributed by atoms with van der Waals surface area (Å²) in [5.74, 6) is -0.276. The molecule has 5 nitrogen and oxygen atoms in total. The smallest absolute Gasteiger partial charge is 0.320 e. The van der Waals surface area contributed by atoms with Gasteiger partial charge >= 0.3 is 12.0 Å². The highest BCUT2D eigenvalue weighted by molar-refractivity contribution is 5.79. The Labute approximate surface area is 120 Å². The topological polar surface area (TPSA) is 60.9 Å². The van der Waals surface area contributed by atoms with Gasteiger partial charge in [-0.15, -0.1) is 0 Å². The molecule has 2 amide bonds. The van der Waals surface area contributed by atoms with Crippen molar-refractivity contribution >= 4 is 12.0 Å². The van der Waals surface area contributed by atoms with Gasteiger partial charge in [0.1, 0.15) is 0 Å². The molecular weight excluding hydrogens is 256 g/mol. The first-order valence-corrected chi connectivity index (χ1v) is 7.41. The number of hydrogen-bond donors (Lipinski definition) is 1. The molecule has 2 aliphatic heterocycles. The third-order valence-electron chi connectivity index (χ3n) is 4.94. The van der Waals surface area contributed by atoms with Crippen LogP contribution in [0.4, 0.5) is 4.79 Å². The van der Waals surface area contributed by atoms with Crippen LogP contribution in [0, 0.1) is 16.7 Å². The molecule has 20 heavy (non-hydrogen) atoms. The number of carbonyl (C=O) groups excluding carboxylic acids is 1. The number of likely N-dealkylation sites (tertiary alicyclic amines) is 2. The standard InChI is InChI=1S/C15H26N2O3/c1-14(2,3)11-5-7-16(9-11)13(20)17-8-6-15(4,10-17)12(18)19/h11H,5-10H2,1-4H3,(H,18,19). The second kappa shape index (κ2) is 4.93. The number of carboxylic acid groups (broad SMARTS) is 1. The second-order valence-electron chi connectivity index (χ2n) is 7.62. The van der Waals surface area contributed by atoms with Crippen molar-refractivity contribution in [2.45, 2.75) is 40.5 Å². The zero-order chi connectivity index (χ0) is 15.1. The van der Waals surface area contributed by atoms with Crippen LogP contribution in [0.15, 0.2) is 0 Å². The predicted octanol–water partition coefficient (Wildman–Crippen LogP) is 2.27. The maximum atomic E-state index is 12.5. The van der Waals surface area contributed by atoms with E-state index in [2.05, 4.69) is 20.8 Å². The molecule has 0 aromatic rings. The quantitative estimate of drug-likeness (QED) is 0.802. The van der Waals surface area contributed by atoms with Gasteiger partial charge in [-0.1, -0.05) is 20.8 Å². The first kappa shape index (κ1) is 15.1. The van der Waals surface area contributed by atoms with Gasteiger partial charge in [-0.2, -0.15) is 0 Å². The van der Waals surface area contributed by atoms with Crippen molar-refractivity contribution in [3.63, 3.8) is 0 Å². The van der Waals surface area contributed by atoms with E-state index in [0.717, 1.165) is 19.5 Å². The summed E-state index contributed by atoms with van der Waals surface area (Å²) in [4.78, 5) is 27.3. The molecule has 0 aliphatic carbocycles. The van der Waals surface area contributed by atoms with E-state index >= 15 is 0 Å². The van der Waals surface area contributed by atoms with Crippen LogP contribution in [0.5, 0.6) is 0 Å². The summed E-state index contributed by atoms with van der Waals surface area (Å²) in [6.07, 6.45) is 1.59. The molecule has 2 unspecified atom stereocenters. The summed E-state index contributed by atoms with van der Waals surface area (Å²) in [6.45, 7) is 10.8. The minimum atomic E-state index is -0.804. The molecule has 2 heterocycles. The molecule has 5 heteroatoms. The van der Waals surface area contributed by atoms with E-state index in [1.54, 1.807) is 11.8 Å². The SMILES string of the molecule is CC1(C(=O)O)CCN(C(=O)N2CCC(C(C)(C)C)C2)C1. The van der Waals surface area contributed by atoms with Gasteiger partial charge in [-0.25, -0.2) is 4.79 Å². The highest BCUT2D eigenvalue weighted by Crippen LogP contribution is 2.35. The molecule has 0 saturated carbocycles. The maximum Gasteiger partial charge on any atom is 0.320 e. The molecule has 2 atom stereocenters. The van der Waals surface area contributed by atoms with E-state index in [4.69, 9.17) is 0 Å². The predicted molar refractivity (Wildman–Crippen MR) is 76.5 cm³/mol. The van der Waals surface area contributed by atoms with Crippen LogP contribution < -0.4 is 0 Å². The number of nitrogens with zero attached hydrogens (tertiary/aromatic N) is 2. The maximum absolute atomic E-state index is 12.5. The summed E-state index contributed by atoms with van der Waals surface area (Å²) in [7, 11) is 0. The van der Waals surface area contributed by atoms with E-state index in [1.807, 2.05) is 4.90 Å². The molecule has 2 fully saturated rings. The van der Waals surface area contributed by atoms with Crippen molar-refractivity contribution in [3.05, 3.63) is 0 Å². The minimum absolute atomic E-state index is 0.0155. The van der Waals surface area contributed by atoms with Gasteiger partial charge in [0.25, 0.3) is 0 Å². The number of aliphatic carboxylic acids is 1. The lowest BCUT2D eigenvalue weighted by Gasteiger charge is -2.29. The molecule has 0 aromatic heterocycles. The van der Waals surface area contributed by atoms with Crippen LogP contribution >= 0.6 is 0 Å². The lowest BCUT2D eigenvalue weighted by molar-refractivity contribution is -0.147. The van der Waals surface area contributed by atoms with Gasteiger partial charge in [0.2, 0.25) is 0 Å². The fourth-order valence-electron chi connectivity index (χ4n) is 3.14. The Morgan fingerprint density at radius 2 is 1.85 bits per heavy atom. The molecule has 2 aliphatic rings. The van der Waals surface area contributed by atoms with E-state index in [1.165, 1.54) is 0 Å². The average molecular weight is 282 g/mol. The van der Waals surface area contributed by atoms with Crippen molar-refractivity contribution in [1.82, 2.24) is 9.80 Å². The average Bonchev–Trinajstić information content (AvgIpc) is 2.94. The zero-order valence-electron chi connectivity index (χ0n) is 13.0. The molecule has 0 aromatic carbocycles. The van der Waals surface area contributed by atoms with Gasteiger partial charge in [-0.05, 0) is 31.1 Å². The molecular formula is C15H26N2O3. The zero-order valence-corrected chi connectivity index (χ0v) is 13.0. The summed E-state index contributed by atoms with van der Waals surface area (Å²) in [6, 6.07) is 0.0155. The van der Waals surface area contributed by atoms with Crippen LogP contribution in [0.2, 0.25) is 0 Å². The van der Waals surface area contributed by atoms with Gasteiger partial charge in [0, 0.05) is 26.2 Å².